The molecule has 0 radical (unpaired) electrons. The van der Waals surface area contributed by atoms with E-state index < -0.39 is 10.0 Å². The number of nitrogens with zero attached hydrogens (tertiary/aromatic N) is 2. The number of sulfonamides is 1. The van der Waals surface area contributed by atoms with Crippen molar-refractivity contribution in [1.29, 1.82) is 0 Å². The first-order valence-electron chi connectivity index (χ1n) is 10.9. The van der Waals surface area contributed by atoms with Crippen LogP contribution in [0, 0.1) is 0 Å². The summed E-state index contributed by atoms with van der Waals surface area (Å²) >= 11 is 0. The Hall–Kier alpha value is -3.43. The molecular weight excluding hydrogens is 440 g/mol. The predicted octanol–water partition coefficient (Wildman–Crippen LogP) is 3.65. The molecule has 170 valence electrons. The van der Waals surface area contributed by atoms with Crippen LogP contribution in [0.25, 0.3) is 11.0 Å². The molecule has 8 nitrogen and oxygen atoms in total. The van der Waals surface area contributed by atoms with Gasteiger partial charge in [-0.25, -0.2) is 18.1 Å². The van der Waals surface area contributed by atoms with E-state index in [0.717, 1.165) is 29.7 Å². The number of benzene rings is 2. The zero-order chi connectivity index (χ0) is 22.8. The fourth-order valence-electron chi connectivity index (χ4n) is 4.17. The van der Waals surface area contributed by atoms with Crippen molar-refractivity contribution in [2.75, 3.05) is 13.1 Å². The molecule has 0 spiro atoms. The minimum absolute atomic E-state index is 0.0625. The van der Waals surface area contributed by atoms with E-state index >= 15 is 0 Å². The van der Waals surface area contributed by atoms with Gasteiger partial charge in [-0.1, -0.05) is 12.1 Å². The van der Waals surface area contributed by atoms with Crippen LogP contribution in [0.1, 0.15) is 40.7 Å². The number of carbonyl (C=O) groups excluding carboxylic acids is 1. The highest BCUT2D eigenvalue weighted by molar-refractivity contribution is 7.89. The highest BCUT2D eigenvalue weighted by atomic mass is 32.2. The van der Waals surface area contributed by atoms with E-state index in [0.29, 0.717) is 24.4 Å². The number of imidazole rings is 1. The van der Waals surface area contributed by atoms with E-state index in [2.05, 4.69) is 9.71 Å². The summed E-state index contributed by atoms with van der Waals surface area (Å²) in [6.45, 7) is 1.30. The standard InChI is InChI=1S/C24H24N4O4S/c29-24(17-9-11-20(12-10-17)33(30,31)25-15-19-6-4-14-32-19)28-13-3-5-18(16-28)23-26-21-7-1-2-8-22(21)27-23/h1-2,4,6-12,14,18,25H,3,5,13,15-16H2,(H,26,27)/t18-/m1/s1. The van der Waals surface area contributed by atoms with Crippen molar-refractivity contribution in [3.8, 4) is 0 Å². The van der Waals surface area contributed by atoms with Crippen LogP contribution < -0.4 is 4.72 Å². The Kier molecular flexibility index (Phi) is 5.74. The summed E-state index contributed by atoms with van der Waals surface area (Å²) in [6.07, 6.45) is 3.34. The number of aromatic nitrogens is 2. The number of carbonyl (C=O) groups is 1. The number of H-pyrrole nitrogens is 1. The molecule has 33 heavy (non-hydrogen) atoms. The Morgan fingerprint density at radius 2 is 1.94 bits per heavy atom. The Morgan fingerprint density at radius 1 is 1.12 bits per heavy atom. The number of hydrogen-bond donors (Lipinski definition) is 2. The number of piperidine rings is 1. The van der Waals surface area contributed by atoms with Gasteiger partial charge in [-0.2, -0.15) is 0 Å². The lowest BCUT2D eigenvalue weighted by atomic mass is 9.96. The lowest BCUT2D eigenvalue weighted by Gasteiger charge is -2.32. The molecule has 2 aromatic heterocycles. The lowest BCUT2D eigenvalue weighted by molar-refractivity contribution is 0.0705. The molecule has 0 unspecified atom stereocenters. The maximum Gasteiger partial charge on any atom is 0.253 e. The van der Waals surface area contributed by atoms with Gasteiger partial charge in [0.25, 0.3) is 5.91 Å². The van der Waals surface area contributed by atoms with Gasteiger partial charge in [0, 0.05) is 24.6 Å². The second kappa shape index (κ2) is 8.84. The molecule has 0 bridgehead atoms. The monoisotopic (exact) mass is 464 g/mol. The molecule has 1 aliphatic rings. The quantitative estimate of drug-likeness (QED) is 0.453. The van der Waals surface area contributed by atoms with Crippen LogP contribution in [0.15, 0.2) is 76.2 Å². The molecular formula is C24H24N4O4S. The van der Waals surface area contributed by atoms with Gasteiger partial charge in [0.15, 0.2) is 0 Å². The van der Waals surface area contributed by atoms with Crippen LogP contribution in [0.5, 0.6) is 0 Å². The number of aromatic amines is 1. The Labute approximate surface area is 191 Å². The van der Waals surface area contributed by atoms with Gasteiger partial charge in [0.2, 0.25) is 10.0 Å². The molecule has 1 aliphatic heterocycles. The molecule has 4 aromatic rings. The smallest absolute Gasteiger partial charge is 0.253 e. The number of rotatable bonds is 6. The van der Waals surface area contributed by atoms with Crippen LogP contribution in [0.3, 0.4) is 0 Å². The van der Waals surface area contributed by atoms with Gasteiger partial charge in [-0.15, -0.1) is 0 Å². The Balaban J connectivity index is 1.26. The first-order valence-corrected chi connectivity index (χ1v) is 12.3. The van der Waals surface area contributed by atoms with Gasteiger partial charge in [0.05, 0.1) is 28.7 Å². The average molecular weight is 465 g/mol. The molecule has 3 heterocycles. The topological polar surface area (TPSA) is 108 Å². The summed E-state index contributed by atoms with van der Waals surface area (Å²) in [6, 6.07) is 17.3. The molecule has 9 heteroatoms. The molecule has 0 aliphatic carbocycles. The van der Waals surface area contributed by atoms with E-state index in [4.69, 9.17) is 9.40 Å². The van der Waals surface area contributed by atoms with Crippen LogP contribution in [-0.2, 0) is 16.6 Å². The van der Waals surface area contributed by atoms with Crippen molar-refractivity contribution >= 4 is 27.0 Å². The van der Waals surface area contributed by atoms with Crippen molar-refractivity contribution in [1.82, 2.24) is 19.6 Å². The third-order valence-corrected chi connectivity index (χ3v) is 7.35. The number of hydrogen-bond acceptors (Lipinski definition) is 5. The predicted molar refractivity (Wildman–Crippen MR) is 123 cm³/mol. The van der Waals surface area contributed by atoms with Gasteiger partial charge in [0.1, 0.15) is 11.6 Å². The molecule has 2 aromatic carbocycles. The minimum Gasteiger partial charge on any atom is -0.468 e. The zero-order valence-electron chi connectivity index (χ0n) is 17.9. The van der Waals surface area contributed by atoms with Crippen molar-refractivity contribution in [2.45, 2.75) is 30.2 Å². The summed E-state index contributed by atoms with van der Waals surface area (Å²) in [4.78, 5) is 23.1. The Morgan fingerprint density at radius 3 is 2.70 bits per heavy atom. The number of fused-ring (bicyclic) bond motifs is 1. The minimum atomic E-state index is -3.71. The lowest BCUT2D eigenvalue weighted by Crippen LogP contribution is -2.39. The molecule has 1 atom stereocenters. The van der Waals surface area contributed by atoms with Gasteiger partial charge < -0.3 is 14.3 Å². The summed E-state index contributed by atoms with van der Waals surface area (Å²) < 4.78 is 32.7. The molecule has 2 N–H and O–H groups in total. The maximum absolute atomic E-state index is 13.1. The van der Waals surface area contributed by atoms with E-state index in [1.807, 2.05) is 29.2 Å². The van der Waals surface area contributed by atoms with Crippen LogP contribution in [-0.4, -0.2) is 42.3 Å². The first kappa shape index (κ1) is 21.4. The third kappa shape index (κ3) is 4.55. The van der Waals surface area contributed by atoms with Crippen molar-refractivity contribution < 1.29 is 17.6 Å². The van der Waals surface area contributed by atoms with Crippen molar-refractivity contribution in [2.24, 2.45) is 0 Å². The fraction of sp³-hybridized carbons (Fsp3) is 0.250. The van der Waals surface area contributed by atoms with E-state index in [1.165, 1.54) is 18.4 Å². The van der Waals surface area contributed by atoms with Gasteiger partial charge in [-0.05, 0) is 61.4 Å². The Bertz CT molecular complexity index is 1330. The third-order valence-electron chi connectivity index (χ3n) is 5.93. The van der Waals surface area contributed by atoms with Crippen LogP contribution in [0.4, 0.5) is 0 Å². The van der Waals surface area contributed by atoms with E-state index in [1.54, 1.807) is 24.3 Å². The molecule has 5 rings (SSSR count). The second-order valence-electron chi connectivity index (χ2n) is 8.16. The average Bonchev–Trinajstić information content (AvgIpc) is 3.52. The maximum atomic E-state index is 13.1. The van der Waals surface area contributed by atoms with Gasteiger partial charge >= 0.3 is 0 Å². The molecule has 0 saturated carbocycles. The van der Waals surface area contributed by atoms with Crippen molar-refractivity contribution in [3.05, 3.63) is 84.1 Å². The molecule has 1 saturated heterocycles. The SMILES string of the molecule is O=C(c1ccc(S(=O)(=O)NCc2ccco2)cc1)N1CCC[C@@H](c2nc3ccccc3[nH]2)C1. The zero-order valence-corrected chi connectivity index (χ0v) is 18.7. The summed E-state index contributed by atoms with van der Waals surface area (Å²) in [7, 11) is -3.71. The molecule has 1 fully saturated rings. The highest BCUT2D eigenvalue weighted by Crippen LogP contribution is 2.27. The first-order chi connectivity index (χ1) is 16.0. The summed E-state index contributed by atoms with van der Waals surface area (Å²) in [5.41, 5.74) is 2.38. The number of para-hydroxylation sites is 2. The van der Waals surface area contributed by atoms with Crippen molar-refractivity contribution in [3.63, 3.8) is 0 Å². The van der Waals surface area contributed by atoms with Crippen LogP contribution in [0.2, 0.25) is 0 Å². The normalized spacial score (nSPS) is 16.8. The summed E-state index contributed by atoms with van der Waals surface area (Å²) in [5, 5.41) is 0. The molecule has 1 amide bonds. The second-order valence-corrected chi connectivity index (χ2v) is 9.92. The summed E-state index contributed by atoms with van der Waals surface area (Å²) in [5.74, 6) is 1.45. The van der Waals surface area contributed by atoms with E-state index in [-0.39, 0.29) is 23.3 Å². The van der Waals surface area contributed by atoms with Gasteiger partial charge in [-0.3, -0.25) is 4.79 Å². The van der Waals surface area contributed by atoms with Crippen LogP contribution >= 0.6 is 0 Å². The highest BCUT2D eigenvalue weighted by Gasteiger charge is 2.27. The number of likely N-dealkylation sites (tertiary alicyclic amines) is 1. The largest absolute Gasteiger partial charge is 0.468 e. The number of amides is 1. The number of nitrogens with one attached hydrogen (secondary N) is 2. The fourth-order valence-corrected chi connectivity index (χ4v) is 5.17. The van der Waals surface area contributed by atoms with E-state index in [9.17, 15) is 13.2 Å². The number of furan rings is 1.